The van der Waals surface area contributed by atoms with Crippen LogP contribution in [0, 0.1) is 13.8 Å². The van der Waals surface area contributed by atoms with Crippen molar-refractivity contribution in [3.63, 3.8) is 0 Å². The molecule has 0 aliphatic carbocycles. The Balaban J connectivity index is 2.74. The molecule has 0 bridgehead atoms. The molecule has 0 spiro atoms. The molecule has 96 valence electrons. The van der Waals surface area contributed by atoms with Crippen molar-refractivity contribution in [3.05, 3.63) is 11.4 Å². The molecule has 1 aromatic heterocycles. The quantitative estimate of drug-likeness (QED) is 0.559. The normalized spacial score (nSPS) is 11.4. The van der Waals surface area contributed by atoms with Gasteiger partial charge in [0.15, 0.2) is 0 Å². The van der Waals surface area contributed by atoms with Crippen LogP contribution in [0.3, 0.4) is 0 Å². The van der Waals surface area contributed by atoms with Gasteiger partial charge in [0.2, 0.25) is 0 Å². The molecule has 0 radical (unpaired) electrons. The number of anilines is 2. The third-order valence-electron chi connectivity index (χ3n) is 2.10. The zero-order valence-corrected chi connectivity index (χ0v) is 9.52. The standard InChI is InChI=1S/C9H14F3N5/c1-5-7(14-4-3-9(10,11)12)15-6(2)16-8(5)17-13/h3-4,13H2,1-2H3,(H2,14,15,16,17). The molecule has 0 aliphatic heterocycles. The second kappa shape index (κ2) is 5.17. The molecule has 1 heterocycles. The molecule has 0 saturated heterocycles. The smallest absolute Gasteiger partial charge is 0.369 e. The molecule has 1 aromatic rings. The zero-order chi connectivity index (χ0) is 13.1. The Bertz CT molecular complexity index is 391. The number of rotatable bonds is 4. The molecule has 4 N–H and O–H groups in total. The van der Waals surface area contributed by atoms with Gasteiger partial charge in [0, 0.05) is 12.1 Å². The lowest BCUT2D eigenvalue weighted by Gasteiger charge is -2.13. The fraction of sp³-hybridized carbons (Fsp3) is 0.556. The third kappa shape index (κ3) is 4.06. The largest absolute Gasteiger partial charge is 0.390 e. The predicted molar refractivity (Wildman–Crippen MR) is 58.5 cm³/mol. The van der Waals surface area contributed by atoms with Gasteiger partial charge in [-0.25, -0.2) is 15.8 Å². The molecular formula is C9H14F3N5. The van der Waals surface area contributed by atoms with E-state index < -0.39 is 12.6 Å². The summed E-state index contributed by atoms with van der Waals surface area (Å²) < 4.78 is 35.9. The van der Waals surface area contributed by atoms with Gasteiger partial charge >= 0.3 is 6.18 Å². The van der Waals surface area contributed by atoms with Gasteiger partial charge in [-0.05, 0) is 13.8 Å². The Morgan fingerprint density at radius 3 is 2.29 bits per heavy atom. The lowest BCUT2D eigenvalue weighted by Crippen LogP contribution is -2.17. The van der Waals surface area contributed by atoms with Crippen LogP contribution < -0.4 is 16.6 Å². The van der Waals surface area contributed by atoms with E-state index >= 15 is 0 Å². The number of aryl methyl sites for hydroxylation is 1. The van der Waals surface area contributed by atoms with Gasteiger partial charge in [-0.3, -0.25) is 0 Å². The maximum atomic E-state index is 12.0. The van der Waals surface area contributed by atoms with Gasteiger partial charge in [0.25, 0.3) is 0 Å². The molecule has 8 heteroatoms. The average molecular weight is 249 g/mol. The summed E-state index contributed by atoms with van der Waals surface area (Å²) in [6.07, 6.45) is -5.10. The Morgan fingerprint density at radius 1 is 1.18 bits per heavy atom. The van der Waals surface area contributed by atoms with Crippen LogP contribution in [-0.2, 0) is 0 Å². The predicted octanol–water partition coefficient (Wildman–Crippen LogP) is 1.74. The van der Waals surface area contributed by atoms with E-state index in [4.69, 9.17) is 5.84 Å². The zero-order valence-electron chi connectivity index (χ0n) is 9.52. The van der Waals surface area contributed by atoms with Gasteiger partial charge in [0.1, 0.15) is 17.5 Å². The number of nitrogen functional groups attached to an aromatic ring is 1. The second-order valence-corrected chi connectivity index (χ2v) is 3.53. The number of nitrogens with zero attached hydrogens (tertiary/aromatic N) is 2. The van der Waals surface area contributed by atoms with E-state index in [1.165, 1.54) is 0 Å². The fourth-order valence-electron chi connectivity index (χ4n) is 1.26. The van der Waals surface area contributed by atoms with Crippen molar-refractivity contribution >= 4 is 11.6 Å². The lowest BCUT2D eigenvalue weighted by molar-refractivity contribution is -0.131. The molecule has 0 amide bonds. The van der Waals surface area contributed by atoms with Crippen LogP contribution in [-0.4, -0.2) is 22.7 Å². The molecular weight excluding hydrogens is 235 g/mol. The summed E-state index contributed by atoms with van der Waals surface area (Å²) in [6, 6.07) is 0. The van der Waals surface area contributed by atoms with E-state index in [-0.39, 0.29) is 6.54 Å². The first kappa shape index (κ1) is 13.5. The molecule has 0 unspecified atom stereocenters. The molecule has 0 saturated carbocycles. The van der Waals surface area contributed by atoms with Crippen LogP contribution >= 0.6 is 0 Å². The molecule has 0 aliphatic rings. The van der Waals surface area contributed by atoms with Crippen LogP contribution in [0.2, 0.25) is 0 Å². The van der Waals surface area contributed by atoms with Crippen molar-refractivity contribution in [3.8, 4) is 0 Å². The van der Waals surface area contributed by atoms with Crippen molar-refractivity contribution in [2.75, 3.05) is 17.3 Å². The van der Waals surface area contributed by atoms with Crippen molar-refractivity contribution in [2.24, 2.45) is 5.84 Å². The number of hydrogen-bond donors (Lipinski definition) is 3. The first-order valence-corrected chi connectivity index (χ1v) is 4.96. The second-order valence-electron chi connectivity index (χ2n) is 3.53. The van der Waals surface area contributed by atoms with Crippen LogP contribution in [0.4, 0.5) is 24.8 Å². The molecule has 0 aromatic carbocycles. The number of hydrogen-bond acceptors (Lipinski definition) is 5. The lowest BCUT2D eigenvalue weighted by atomic mass is 10.3. The molecule has 0 fully saturated rings. The maximum Gasteiger partial charge on any atom is 0.390 e. The summed E-state index contributed by atoms with van der Waals surface area (Å²) in [5.74, 6) is 6.42. The van der Waals surface area contributed by atoms with Crippen LogP contribution in [0.1, 0.15) is 17.8 Å². The van der Waals surface area contributed by atoms with Gasteiger partial charge < -0.3 is 10.7 Å². The summed E-state index contributed by atoms with van der Waals surface area (Å²) >= 11 is 0. The molecule has 1 rings (SSSR count). The highest BCUT2D eigenvalue weighted by molar-refractivity contribution is 5.56. The Hall–Kier alpha value is -1.57. The minimum Gasteiger partial charge on any atom is -0.369 e. The van der Waals surface area contributed by atoms with E-state index in [0.717, 1.165) is 0 Å². The molecule has 5 nitrogen and oxygen atoms in total. The SMILES string of the molecule is Cc1nc(NN)c(C)c(NCCC(F)(F)F)n1. The average Bonchev–Trinajstić information content (AvgIpc) is 2.20. The van der Waals surface area contributed by atoms with Crippen LogP contribution in [0.15, 0.2) is 0 Å². The van der Waals surface area contributed by atoms with Crippen molar-refractivity contribution in [2.45, 2.75) is 26.4 Å². The number of alkyl halides is 3. The minimum atomic E-state index is -4.18. The number of halogens is 3. The van der Waals surface area contributed by atoms with E-state index in [0.29, 0.717) is 23.0 Å². The number of aromatic nitrogens is 2. The first-order chi connectivity index (χ1) is 7.83. The van der Waals surface area contributed by atoms with Gasteiger partial charge in [0.05, 0.1) is 6.42 Å². The van der Waals surface area contributed by atoms with E-state index in [2.05, 4.69) is 20.7 Å². The number of nitrogens with one attached hydrogen (secondary N) is 2. The van der Waals surface area contributed by atoms with Gasteiger partial charge in [-0.1, -0.05) is 0 Å². The van der Waals surface area contributed by atoms with Crippen molar-refractivity contribution < 1.29 is 13.2 Å². The summed E-state index contributed by atoms with van der Waals surface area (Å²) in [4.78, 5) is 8.02. The Kier molecular flexibility index (Phi) is 4.11. The summed E-state index contributed by atoms with van der Waals surface area (Å²) in [5.41, 5.74) is 2.95. The van der Waals surface area contributed by atoms with E-state index in [1.54, 1.807) is 13.8 Å². The van der Waals surface area contributed by atoms with Crippen LogP contribution in [0.5, 0.6) is 0 Å². The van der Waals surface area contributed by atoms with E-state index in [9.17, 15) is 13.2 Å². The highest BCUT2D eigenvalue weighted by Crippen LogP contribution is 2.22. The summed E-state index contributed by atoms with van der Waals surface area (Å²) in [7, 11) is 0. The van der Waals surface area contributed by atoms with Gasteiger partial charge in [-0.15, -0.1) is 0 Å². The highest BCUT2D eigenvalue weighted by atomic mass is 19.4. The molecule has 17 heavy (non-hydrogen) atoms. The van der Waals surface area contributed by atoms with Gasteiger partial charge in [-0.2, -0.15) is 13.2 Å². The topological polar surface area (TPSA) is 75.9 Å². The third-order valence-corrected chi connectivity index (χ3v) is 2.10. The van der Waals surface area contributed by atoms with Crippen molar-refractivity contribution in [1.82, 2.24) is 9.97 Å². The Morgan fingerprint density at radius 2 is 1.76 bits per heavy atom. The fourth-order valence-corrected chi connectivity index (χ4v) is 1.26. The van der Waals surface area contributed by atoms with Crippen molar-refractivity contribution in [1.29, 1.82) is 0 Å². The summed E-state index contributed by atoms with van der Waals surface area (Å²) in [6.45, 7) is 3.07. The first-order valence-electron chi connectivity index (χ1n) is 4.96. The van der Waals surface area contributed by atoms with Crippen LogP contribution in [0.25, 0.3) is 0 Å². The number of hydrazine groups is 1. The maximum absolute atomic E-state index is 12.0. The molecule has 0 atom stereocenters. The number of nitrogens with two attached hydrogens (primary N) is 1. The van der Waals surface area contributed by atoms with E-state index in [1.807, 2.05) is 0 Å². The monoisotopic (exact) mass is 249 g/mol. The highest BCUT2D eigenvalue weighted by Gasteiger charge is 2.26. The summed E-state index contributed by atoms with van der Waals surface area (Å²) in [5, 5.41) is 2.62. The minimum absolute atomic E-state index is 0.231. The Labute approximate surface area is 96.6 Å².